The Morgan fingerprint density at radius 3 is 2.54 bits per heavy atom. The summed E-state index contributed by atoms with van der Waals surface area (Å²) < 4.78 is 5.60. The molecule has 6 nitrogen and oxygen atoms in total. The number of amides is 3. The van der Waals surface area contributed by atoms with Crippen LogP contribution >= 0.6 is 0 Å². The quantitative estimate of drug-likeness (QED) is 0.724. The van der Waals surface area contributed by atoms with Crippen LogP contribution in [0.1, 0.15) is 39.0 Å². The van der Waals surface area contributed by atoms with Crippen molar-refractivity contribution in [3.63, 3.8) is 0 Å². The number of nitrogens with one attached hydrogen (secondary N) is 1. The highest BCUT2D eigenvalue weighted by Gasteiger charge is 2.21. The van der Waals surface area contributed by atoms with Crippen LogP contribution in [0, 0.1) is 0 Å². The molecule has 1 aromatic rings. The number of carbonyl (C=O) groups excluding carboxylic acids is 2. The number of benzene rings is 1. The molecule has 0 spiro atoms. The van der Waals surface area contributed by atoms with Gasteiger partial charge < -0.3 is 19.9 Å². The molecule has 0 aliphatic carbocycles. The molecule has 0 atom stereocenters. The number of urea groups is 1. The van der Waals surface area contributed by atoms with Gasteiger partial charge in [-0.25, -0.2) is 4.79 Å². The highest BCUT2D eigenvalue weighted by atomic mass is 16.5. The van der Waals surface area contributed by atoms with E-state index >= 15 is 0 Å². The van der Waals surface area contributed by atoms with Crippen molar-refractivity contribution in [2.45, 2.75) is 39.0 Å². The second-order valence-electron chi connectivity index (χ2n) is 6.57. The molecule has 1 saturated heterocycles. The van der Waals surface area contributed by atoms with Gasteiger partial charge in [-0.05, 0) is 25.0 Å². The van der Waals surface area contributed by atoms with Gasteiger partial charge in [0, 0.05) is 32.7 Å². The van der Waals surface area contributed by atoms with Gasteiger partial charge in [0.15, 0.2) is 0 Å². The highest BCUT2D eigenvalue weighted by Crippen LogP contribution is 2.10. The van der Waals surface area contributed by atoms with Gasteiger partial charge in [-0.1, -0.05) is 38.0 Å². The molecule has 1 N–H and O–H groups in total. The number of hydrogen-bond acceptors (Lipinski definition) is 3. The van der Waals surface area contributed by atoms with Gasteiger partial charge in [0.25, 0.3) is 0 Å². The molecule has 144 valence electrons. The first-order valence-corrected chi connectivity index (χ1v) is 9.69. The fourth-order valence-electron chi connectivity index (χ4n) is 2.98. The summed E-state index contributed by atoms with van der Waals surface area (Å²) in [7, 11) is 0. The van der Waals surface area contributed by atoms with Crippen molar-refractivity contribution in [1.29, 1.82) is 0 Å². The van der Waals surface area contributed by atoms with Crippen molar-refractivity contribution < 1.29 is 14.3 Å². The average Bonchev–Trinajstić information content (AvgIpc) is 2.92. The fourth-order valence-corrected chi connectivity index (χ4v) is 2.98. The van der Waals surface area contributed by atoms with Gasteiger partial charge in [0.2, 0.25) is 5.91 Å². The Morgan fingerprint density at radius 1 is 1.04 bits per heavy atom. The van der Waals surface area contributed by atoms with Crippen LogP contribution in [0.2, 0.25) is 0 Å². The third-order valence-corrected chi connectivity index (χ3v) is 4.52. The topological polar surface area (TPSA) is 61.9 Å². The average molecular weight is 361 g/mol. The normalized spacial score (nSPS) is 14.7. The lowest BCUT2D eigenvalue weighted by Crippen LogP contribution is -2.43. The van der Waals surface area contributed by atoms with Crippen LogP contribution in [-0.2, 0) is 4.79 Å². The van der Waals surface area contributed by atoms with Crippen LogP contribution in [0.4, 0.5) is 4.79 Å². The number of unbranched alkanes of at least 4 members (excludes halogenated alkanes) is 2. The number of ether oxygens (including phenoxy) is 1. The molecule has 0 saturated carbocycles. The molecular formula is C20H31N3O3. The van der Waals surface area contributed by atoms with Crippen LogP contribution in [0.5, 0.6) is 5.75 Å². The lowest BCUT2D eigenvalue weighted by molar-refractivity contribution is -0.131. The van der Waals surface area contributed by atoms with Crippen LogP contribution < -0.4 is 10.1 Å². The molecule has 1 heterocycles. The van der Waals surface area contributed by atoms with E-state index in [0.29, 0.717) is 39.2 Å². The van der Waals surface area contributed by atoms with E-state index in [2.05, 4.69) is 12.2 Å². The molecule has 6 heteroatoms. The molecule has 0 bridgehead atoms. The Morgan fingerprint density at radius 2 is 1.77 bits per heavy atom. The standard InChI is InChI=1S/C20H31N3O3/c1-2-3-7-12-21-20(25)23-14-8-13-22(15-16-23)19(24)11-17-26-18-9-5-4-6-10-18/h4-6,9-10H,2-3,7-8,11-17H2,1H3,(H,21,25). The minimum Gasteiger partial charge on any atom is -0.493 e. The predicted molar refractivity (Wildman–Crippen MR) is 102 cm³/mol. The zero-order chi connectivity index (χ0) is 18.6. The first kappa shape index (κ1) is 20.1. The number of para-hydroxylation sites is 1. The van der Waals surface area contributed by atoms with Gasteiger partial charge in [0.05, 0.1) is 13.0 Å². The molecule has 1 fully saturated rings. The lowest BCUT2D eigenvalue weighted by atomic mass is 10.2. The summed E-state index contributed by atoms with van der Waals surface area (Å²) in [5.74, 6) is 0.869. The van der Waals surface area contributed by atoms with Crippen molar-refractivity contribution in [3.05, 3.63) is 30.3 Å². The maximum absolute atomic E-state index is 12.4. The van der Waals surface area contributed by atoms with Crippen molar-refractivity contribution in [1.82, 2.24) is 15.1 Å². The third-order valence-electron chi connectivity index (χ3n) is 4.52. The van der Waals surface area contributed by atoms with Crippen molar-refractivity contribution in [2.75, 3.05) is 39.3 Å². The zero-order valence-corrected chi connectivity index (χ0v) is 15.8. The monoisotopic (exact) mass is 361 g/mol. The molecular weight excluding hydrogens is 330 g/mol. The molecule has 1 aliphatic heterocycles. The minimum atomic E-state index is -0.0113. The second kappa shape index (κ2) is 11.4. The number of rotatable bonds is 8. The molecule has 26 heavy (non-hydrogen) atoms. The Hall–Kier alpha value is -2.24. The Labute approximate surface area is 156 Å². The van der Waals surface area contributed by atoms with E-state index in [1.807, 2.05) is 40.1 Å². The number of hydrogen-bond donors (Lipinski definition) is 1. The summed E-state index contributed by atoms with van der Waals surface area (Å²) >= 11 is 0. The SMILES string of the molecule is CCCCCNC(=O)N1CCCN(C(=O)CCOc2ccccc2)CC1. The van der Waals surface area contributed by atoms with E-state index in [-0.39, 0.29) is 11.9 Å². The van der Waals surface area contributed by atoms with Gasteiger partial charge in [-0.2, -0.15) is 0 Å². The van der Waals surface area contributed by atoms with Crippen LogP contribution in [-0.4, -0.2) is 61.1 Å². The van der Waals surface area contributed by atoms with Crippen molar-refractivity contribution >= 4 is 11.9 Å². The summed E-state index contributed by atoms with van der Waals surface area (Å²) in [6, 6.07) is 9.51. The number of carbonyl (C=O) groups is 2. The van der Waals surface area contributed by atoms with Crippen LogP contribution in [0.25, 0.3) is 0 Å². The Kier molecular flexibility index (Phi) is 8.79. The van der Waals surface area contributed by atoms with Crippen molar-refractivity contribution in [2.24, 2.45) is 0 Å². The first-order chi connectivity index (χ1) is 12.7. The Bertz CT molecular complexity index is 550. The predicted octanol–water partition coefficient (Wildman–Crippen LogP) is 2.89. The molecule has 1 aliphatic rings. The Balaban J connectivity index is 1.68. The molecule has 0 radical (unpaired) electrons. The summed E-state index contributed by atoms with van der Waals surface area (Å²) in [5, 5.41) is 2.98. The smallest absolute Gasteiger partial charge is 0.317 e. The first-order valence-electron chi connectivity index (χ1n) is 9.69. The van der Waals surface area contributed by atoms with Crippen LogP contribution in [0.3, 0.4) is 0 Å². The largest absolute Gasteiger partial charge is 0.493 e. The van der Waals surface area contributed by atoms with E-state index in [1.54, 1.807) is 0 Å². The van der Waals surface area contributed by atoms with E-state index < -0.39 is 0 Å². The van der Waals surface area contributed by atoms with Gasteiger partial charge >= 0.3 is 6.03 Å². The summed E-state index contributed by atoms with van der Waals surface area (Å²) in [4.78, 5) is 28.3. The van der Waals surface area contributed by atoms with E-state index in [4.69, 9.17) is 4.74 Å². The maximum atomic E-state index is 12.4. The summed E-state index contributed by atoms with van der Waals surface area (Å²) in [6.07, 6.45) is 4.46. The van der Waals surface area contributed by atoms with E-state index in [9.17, 15) is 9.59 Å². The zero-order valence-electron chi connectivity index (χ0n) is 15.8. The van der Waals surface area contributed by atoms with E-state index in [0.717, 1.165) is 38.0 Å². The van der Waals surface area contributed by atoms with Gasteiger partial charge in [-0.3, -0.25) is 4.79 Å². The molecule has 2 rings (SSSR count). The molecule has 0 unspecified atom stereocenters. The number of nitrogens with zero attached hydrogens (tertiary/aromatic N) is 2. The third kappa shape index (κ3) is 6.94. The lowest BCUT2D eigenvalue weighted by Gasteiger charge is -2.22. The highest BCUT2D eigenvalue weighted by molar-refractivity contribution is 5.77. The van der Waals surface area contributed by atoms with Crippen molar-refractivity contribution in [3.8, 4) is 5.75 Å². The fraction of sp³-hybridized carbons (Fsp3) is 0.600. The minimum absolute atomic E-state index is 0.0113. The summed E-state index contributed by atoms with van der Waals surface area (Å²) in [6.45, 7) is 5.82. The molecule has 0 aromatic heterocycles. The van der Waals surface area contributed by atoms with E-state index in [1.165, 1.54) is 0 Å². The van der Waals surface area contributed by atoms with Gasteiger partial charge in [-0.15, -0.1) is 0 Å². The molecule has 1 aromatic carbocycles. The molecule has 3 amide bonds. The summed E-state index contributed by atoms with van der Waals surface area (Å²) in [5.41, 5.74) is 0. The van der Waals surface area contributed by atoms with Gasteiger partial charge in [0.1, 0.15) is 5.75 Å². The maximum Gasteiger partial charge on any atom is 0.317 e. The van der Waals surface area contributed by atoms with Crippen LogP contribution in [0.15, 0.2) is 30.3 Å². The second-order valence-corrected chi connectivity index (χ2v) is 6.57.